The standard InChI is InChI=1S/C21H28BNO5/c1-4-7-26-21-9-16(5-6-20(21)25-3)17-8-18(12-23-11-17)19(13-24)10-22-27-14-15(2)28-22/h5-6,8-9,11-12,15,19,24H,4,7,10,13-14H2,1-3H3/t15-,19-/m1/s1. The van der Waals surface area contributed by atoms with E-state index in [-0.39, 0.29) is 25.7 Å². The lowest BCUT2D eigenvalue weighted by atomic mass is 9.75. The van der Waals surface area contributed by atoms with Crippen LogP contribution >= 0.6 is 0 Å². The summed E-state index contributed by atoms with van der Waals surface area (Å²) in [5.74, 6) is 1.32. The molecule has 0 spiro atoms. The molecule has 7 heteroatoms. The number of methoxy groups -OCH3 is 1. The molecule has 0 unspecified atom stereocenters. The zero-order valence-electron chi connectivity index (χ0n) is 16.8. The third kappa shape index (κ3) is 5.04. The summed E-state index contributed by atoms with van der Waals surface area (Å²) in [6.45, 7) is 5.28. The highest BCUT2D eigenvalue weighted by Gasteiger charge is 2.32. The van der Waals surface area contributed by atoms with Crippen LogP contribution in [0.3, 0.4) is 0 Å². The molecular formula is C21H28BNO5. The topological polar surface area (TPSA) is 70.0 Å². The molecule has 1 fully saturated rings. The lowest BCUT2D eigenvalue weighted by molar-refractivity contribution is 0.249. The minimum atomic E-state index is -0.286. The van der Waals surface area contributed by atoms with E-state index in [1.54, 1.807) is 13.3 Å². The van der Waals surface area contributed by atoms with Gasteiger partial charge < -0.3 is 23.9 Å². The van der Waals surface area contributed by atoms with Crippen molar-refractivity contribution in [1.29, 1.82) is 0 Å². The van der Waals surface area contributed by atoms with Crippen LogP contribution in [0.2, 0.25) is 6.32 Å². The van der Waals surface area contributed by atoms with Gasteiger partial charge >= 0.3 is 7.12 Å². The molecule has 0 aliphatic carbocycles. The van der Waals surface area contributed by atoms with Gasteiger partial charge in [-0.3, -0.25) is 4.98 Å². The van der Waals surface area contributed by atoms with Crippen LogP contribution in [0.25, 0.3) is 11.1 Å². The highest BCUT2D eigenvalue weighted by Crippen LogP contribution is 2.34. The molecule has 1 N–H and O–H groups in total. The van der Waals surface area contributed by atoms with Gasteiger partial charge in [0.25, 0.3) is 0 Å². The largest absolute Gasteiger partial charge is 0.493 e. The van der Waals surface area contributed by atoms with Gasteiger partial charge in [-0.2, -0.15) is 0 Å². The zero-order valence-corrected chi connectivity index (χ0v) is 16.8. The summed E-state index contributed by atoms with van der Waals surface area (Å²) in [6, 6.07) is 7.90. The van der Waals surface area contributed by atoms with Crippen molar-refractivity contribution in [3.8, 4) is 22.6 Å². The summed E-state index contributed by atoms with van der Waals surface area (Å²) in [5.41, 5.74) is 2.90. The van der Waals surface area contributed by atoms with Crippen molar-refractivity contribution in [3.63, 3.8) is 0 Å². The maximum absolute atomic E-state index is 9.90. The number of aliphatic hydroxyl groups is 1. The van der Waals surface area contributed by atoms with Gasteiger partial charge in [-0.25, -0.2) is 0 Å². The Morgan fingerprint density at radius 2 is 2.11 bits per heavy atom. The third-order valence-corrected chi connectivity index (χ3v) is 4.79. The first-order chi connectivity index (χ1) is 13.6. The lowest BCUT2D eigenvalue weighted by Crippen LogP contribution is -2.20. The number of ether oxygens (including phenoxy) is 2. The van der Waals surface area contributed by atoms with Crippen molar-refractivity contribution in [1.82, 2.24) is 4.98 Å². The maximum Gasteiger partial charge on any atom is 0.457 e. The van der Waals surface area contributed by atoms with Gasteiger partial charge in [0.1, 0.15) is 0 Å². The van der Waals surface area contributed by atoms with E-state index < -0.39 is 0 Å². The molecule has 2 heterocycles. The van der Waals surface area contributed by atoms with Crippen molar-refractivity contribution >= 4 is 7.12 Å². The Balaban J connectivity index is 1.81. The van der Waals surface area contributed by atoms with Crippen LogP contribution in [0.4, 0.5) is 0 Å². The van der Waals surface area contributed by atoms with Crippen LogP contribution < -0.4 is 9.47 Å². The molecule has 2 aromatic rings. The molecule has 1 saturated heterocycles. The number of benzene rings is 1. The van der Waals surface area contributed by atoms with E-state index in [2.05, 4.69) is 18.0 Å². The fourth-order valence-electron chi connectivity index (χ4n) is 3.27. The first-order valence-electron chi connectivity index (χ1n) is 9.78. The van der Waals surface area contributed by atoms with Crippen LogP contribution in [0.15, 0.2) is 36.7 Å². The predicted octanol–water partition coefficient (Wildman–Crippen LogP) is 3.55. The highest BCUT2D eigenvalue weighted by molar-refractivity contribution is 6.45. The quantitative estimate of drug-likeness (QED) is 0.666. The summed E-state index contributed by atoms with van der Waals surface area (Å²) in [5, 5.41) is 9.90. The van der Waals surface area contributed by atoms with E-state index >= 15 is 0 Å². The molecule has 0 amide bonds. The highest BCUT2D eigenvalue weighted by atomic mass is 16.6. The zero-order chi connectivity index (χ0) is 19.9. The Labute approximate surface area is 166 Å². The Morgan fingerprint density at radius 3 is 2.79 bits per heavy atom. The molecule has 1 aromatic carbocycles. The summed E-state index contributed by atoms with van der Waals surface area (Å²) < 4.78 is 22.6. The fraction of sp³-hybridized carbons (Fsp3) is 0.476. The van der Waals surface area contributed by atoms with E-state index in [9.17, 15) is 5.11 Å². The van der Waals surface area contributed by atoms with Crippen LogP contribution in [0, 0.1) is 0 Å². The summed E-state index contributed by atoms with van der Waals surface area (Å²) in [4.78, 5) is 4.39. The average molecular weight is 385 g/mol. The molecule has 28 heavy (non-hydrogen) atoms. The lowest BCUT2D eigenvalue weighted by Gasteiger charge is -2.17. The maximum atomic E-state index is 9.90. The number of rotatable bonds is 9. The van der Waals surface area contributed by atoms with Crippen molar-refractivity contribution in [2.24, 2.45) is 0 Å². The first kappa shape index (κ1) is 20.6. The van der Waals surface area contributed by atoms with E-state index in [1.807, 2.05) is 31.3 Å². The van der Waals surface area contributed by atoms with Gasteiger partial charge in [-0.1, -0.05) is 13.0 Å². The van der Waals surface area contributed by atoms with Gasteiger partial charge in [0.2, 0.25) is 0 Å². The third-order valence-electron chi connectivity index (χ3n) is 4.79. The monoisotopic (exact) mass is 385 g/mol. The van der Waals surface area contributed by atoms with Gasteiger partial charge in [0.05, 0.1) is 26.4 Å². The Hall–Kier alpha value is -2.09. The molecule has 2 atom stereocenters. The molecule has 0 radical (unpaired) electrons. The molecular weight excluding hydrogens is 357 g/mol. The second-order valence-corrected chi connectivity index (χ2v) is 7.05. The van der Waals surface area contributed by atoms with Crippen LogP contribution in [0.5, 0.6) is 11.5 Å². The summed E-state index contributed by atoms with van der Waals surface area (Å²) in [6.07, 6.45) is 5.22. The van der Waals surface area contributed by atoms with Gasteiger partial charge in [-0.15, -0.1) is 0 Å². The van der Waals surface area contributed by atoms with Crippen LogP contribution in [-0.2, 0) is 9.31 Å². The second kappa shape index (κ2) is 9.91. The number of aromatic nitrogens is 1. The van der Waals surface area contributed by atoms with Gasteiger partial charge in [0, 0.05) is 30.5 Å². The van der Waals surface area contributed by atoms with E-state index in [4.69, 9.17) is 18.8 Å². The molecule has 150 valence electrons. The Bertz CT molecular complexity index is 772. The SMILES string of the molecule is CCCOc1cc(-c2cncc([C@@H](CO)CB3OC[C@@H](C)O3)c2)ccc1OC. The molecule has 1 aliphatic rings. The van der Waals surface area contributed by atoms with Crippen LogP contribution in [-0.4, -0.2) is 50.2 Å². The first-order valence-corrected chi connectivity index (χ1v) is 9.78. The van der Waals surface area contributed by atoms with Gasteiger partial charge in [-0.05, 0) is 49.0 Å². The van der Waals surface area contributed by atoms with Gasteiger partial charge in [0.15, 0.2) is 11.5 Å². The number of hydrogen-bond acceptors (Lipinski definition) is 6. The number of aliphatic hydroxyl groups excluding tert-OH is 1. The molecule has 1 aromatic heterocycles. The number of nitrogens with zero attached hydrogens (tertiary/aromatic N) is 1. The number of hydrogen-bond donors (Lipinski definition) is 1. The fourth-order valence-corrected chi connectivity index (χ4v) is 3.27. The second-order valence-electron chi connectivity index (χ2n) is 7.05. The molecule has 6 nitrogen and oxygen atoms in total. The molecule has 3 rings (SSSR count). The summed E-state index contributed by atoms with van der Waals surface area (Å²) in [7, 11) is 1.35. The minimum absolute atomic E-state index is 0.0101. The predicted molar refractivity (Wildman–Crippen MR) is 109 cm³/mol. The minimum Gasteiger partial charge on any atom is -0.493 e. The van der Waals surface area contributed by atoms with Crippen molar-refractivity contribution < 1.29 is 23.9 Å². The number of pyridine rings is 1. The average Bonchev–Trinajstić information content (AvgIpc) is 3.15. The van der Waals surface area contributed by atoms with Crippen molar-refractivity contribution in [3.05, 3.63) is 42.2 Å². The Kier molecular flexibility index (Phi) is 7.31. The smallest absolute Gasteiger partial charge is 0.457 e. The molecule has 0 saturated carbocycles. The normalized spacial score (nSPS) is 17.6. The Morgan fingerprint density at radius 1 is 1.25 bits per heavy atom. The van der Waals surface area contributed by atoms with E-state index in [1.165, 1.54) is 0 Å². The summed E-state index contributed by atoms with van der Waals surface area (Å²) >= 11 is 0. The van der Waals surface area contributed by atoms with E-state index in [0.29, 0.717) is 31.0 Å². The van der Waals surface area contributed by atoms with E-state index in [0.717, 1.165) is 23.1 Å². The molecule has 1 aliphatic heterocycles. The van der Waals surface area contributed by atoms with Crippen LogP contribution in [0.1, 0.15) is 31.7 Å². The van der Waals surface area contributed by atoms with Crippen molar-refractivity contribution in [2.45, 2.75) is 38.6 Å². The van der Waals surface area contributed by atoms with Crippen molar-refractivity contribution in [2.75, 3.05) is 26.9 Å². The molecule has 0 bridgehead atoms.